The van der Waals surface area contributed by atoms with Crippen LogP contribution in [0.2, 0.25) is 0 Å². The number of rotatable bonds is 24. The molecule has 0 fully saturated rings. The molecule has 0 bridgehead atoms. The van der Waals surface area contributed by atoms with E-state index in [0.717, 1.165) is 42.6 Å². The molecular weight excluding hydrogens is 552 g/mol. The Kier molecular flexibility index (Phi) is 18.3. The highest BCUT2D eigenvalue weighted by Crippen LogP contribution is 2.26. The van der Waals surface area contributed by atoms with Gasteiger partial charge < -0.3 is 9.47 Å². The minimum Gasteiger partial charge on any atom is -0.423 e. The van der Waals surface area contributed by atoms with Gasteiger partial charge in [-0.05, 0) is 66.6 Å². The number of ether oxygens (including phenoxy) is 2. The molecule has 0 aliphatic carbocycles. The first-order valence-electron chi connectivity index (χ1n) is 18.2. The van der Waals surface area contributed by atoms with Gasteiger partial charge in [0.1, 0.15) is 5.75 Å². The summed E-state index contributed by atoms with van der Waals surface area (Å²) >= 11 is 0. The first-order valence-corrected chi connectivity index (χ1v) is 18.2. The van der Waals surface area contributed by atoms with E-state index in [1.54, 1.807) is 0 Å². The van der Waals surface area contributed by atoms with Crippen LogP contribution in [0.3, 0.4) is 0 Å². The Hall–Kier alpha value is -2.91. The third kappa shape index (κ3) is 14.4. The summed E-state index contributed by atoms with van der Waals surface area (Å²) in [4.78, 5) is 12.9. The van der Waals surface area contributed by atoms with Crippen LogP contribution in [0.15, 0.2) is 72.8 Å². The van der Waals surface area contributed by atoms with Crippen molar-refractivity contribution in [1.82, 2.24) is 0 Å². The highest BCUT2D eigenvalue weighted by atomic mass is 16.5. The number of carbonyl (C=O) groups is 1. The Morgan fingerprint density at radius 2 is 1.07 bits per heavy atom. The van der Waals surface area contributed by atoms with E-state index >= 15 is 0 Å². The normalized spacial score (nSPS) is 11.9. The van der Waals surface area contributed by atoms with Crippen LogP contribution in [0.1, 0.15) is 158 Å². The predicted molar refractivity (Wildman–Crippen MR) is 191 cm³/mol. The molecule has 0 amide bonds. The maximum atomic E-state index is 12.9. The zero-order valence-corrected chi connectivity index (χ0v) is 28.7. The van der Waals surface area contributed by atoms with Gasteiger partial charge in [-0.2, -0.15) is 0 Å². The Bertz CT molecular complexity index is 1180. The van der Waals surface area contributed by atoms with Gasteiger partial charge in [0, 0.05) is 6.61 Å². The molecule has 0 aliphatic rings. The van der Waals surface area contributed by atoms with Crippen molar-refractivity contribution in [3.05, 3.63) is 89.5 Å². The van der Waals surface area contributed by atoms with Crippen molar-refractivity contribution in [3.63, 3.8) is 0 Å². The third-order valence-electron chi connectivity index (χ3n) is 8.92. The maximum Gasteiger partial charge on any atom is 0.343 e. The average molecular weight is 613 g/mol. The predicted octanol–water partition coefficient (Wildman–Crippen LogP) is 12.9. The second-order valence-electron chi connectivity index (χ2n) is 12.8. The summed E-state index contributed by atoms with van der Waals surface area (Å²) in [6.07, 6.45) is 23.5. The number of aryl methyl sites for hydroxylation is 1. The second kappa shape index (κ2) is 22.6. The molecule has 0 saturated carbocycles. The fourth-order valence-corrected chi connectivity index (χ4v) is 5.93. The molecule has 0 aromatic heterocycles. The third-order valence-corrected chi connectivity index (χ3v) is 8.92. The van der Waals surface area contributed by atoms with Crippen molar-refractivity contribution in [2.75, 3.05) is 6.61 Å². The standard InChI is InChI=1S/C42H60O3/c1-4-6-8-10-11-12-13-14-15-16-17-18-22-34-44-35(3)36-26-28-37(29-27-36)38-30-32-40(33-31-38)42(43)45-41-25-21-20-24-39(41)23-19-9-7-5-2/h20-21,24-33,35H,4-19,22-23,34H2,1-3H3. The van der Waals surface area contributed by atoms with Gasteiger partial charge in [-0.15, -0.1) is 0 Å². The van der Waals surface area contributed by atoms with Crippen LogP contribution in [0.5, 0.6) is 5.75 Å². The SMILES string of the molecule is CCCCCCCCCCCCCCCOC(C)c1ccc(-c2ccc(C(=O)Oc3ccccc3CCCCCC)cc2)cc1. The van der Waals surface area contributed by atoms with Gasteiger partial charge in [0.25, 0.3) is 0 Å². The van der Waals surface area contributed by atoms with E-state index in [-0.39, 0.29) is 12.1 Å². The van der Waals surface area contributed by atoms with E-state index in [9.17, 15) is 4.79 Å². The minimum absolute atomic E-state index is 0.0862. The van der Waals surface area contributed by atoms with Crippen LogP contribution < -0.4 is 4.74 Å². The maximum absolute atomic E-state index is 12.9. The van der Waals surface area contributed by atoms with Crippen molar-refractivity contribution in [3.8, 4) is 16.9 Å². The van der Waals surface area contributed by atoms with Crippen LogP contribution in [-0.2, 0) is 11.2 Å². The molecule has 246 valence electrons. The van der Waals surface area contributed by atoms with Gasteiger partial charge in [0.05, 0.1) is 11.7 Å². The molecule has 0 aliphatic heterocycles. The molecule has 3 aromatic rings. The summed E-state index contributed by atoms with van der Waals surface area (Å²) in [5, 5.41) is 0. The molecule has 3 rings (SSSR count). The van der Waals surface area contributed by atoms with Crippen LogP contribution in [0.4, 0.5) is 0 Å². The molecule has 3 aromatic carbocycles. The monoisotopic (exact) mass is 612 g/mol. The molecular formula is C42H60O3. The average Bonchev–Trinajstić information content (AvgIpc) is 3.07. The highest BCUT2D eigenvalue weighted by molar-refractivity contribution is 5.91. The quantitative estimate of drug-likeness (QED) is 0.0573. The molecule has 0 N–H and O–H groups in total. The van der Waals surface area contributed by atoms with Gasteiger partial charge in [0.15, 0.2) is 0 Å². The molecule has 1 unspecified atom stereocenters. The Morgan fingerprint density at radius 1 is 0.578 bits per heavy atom. The highest BCUT2D eigenvalue weighted by Gasteiger charge is 2.12. The van der Waals surface area contributed by atoms with E-state index in [0.29, 0.717) is 11.3 Å². The minimum atomic E-state index is -0.313. The van der Waals surface area contributed by atoms with E-state index in [1.165, 1.54) is 102 Å². The van der Waals surface area contributed by atoms with Crippen molar-refractivity contribution in [2.24, 2.45) is 0 Å². The zero-order valence-electron chi connectivity index (χ0n) is 28.7. The number of esters is 1. The van der Waals surface area contributed by atoms with Crippen LogP contribution >= 0.6 is 0 Å². The molecule has 45 heavy (non-hydrogen) atoms. The van der Waals surface area contributed by atoms with Gasteiger partial charge in [0.2, 0.25) is 0 Å². The zero-order chi connectivity index (χ0) is 32.0. The molecule has 0 heterocycles. The van der Waals surface area contributed by atoms with Crippen molar-refractivity contribution >= 4 is 5.97 Å². The smallest absolute Gasteiger partial charge is 0.343 e. The van der Waals surface area contributed by atoms with Crippen LogP contribution in [0, 0.1) is 0 Å². The topological polar surface area (TPSA) is 35.5 Å². The van der Waals surface area contributed by atoms with Gasteiger partial charge in [-0.25, -0.2) is 4.79 Å². The van der Waals surface area contributed by atoms with Crippen molar-refractivity contribution < 1.29 is 14.3 Å². The lowest BCUT2D eigenvalue weighted by atomic mass is 10.0. The molecule has 1 atom stereocenters. The van der Waals surface area contributed by atoms with Crippen molar-refractivity contribution in [2.45, 2.75) is 142 Å². The van der Waals surface area contributed by atoms with E-state index < -0.39 is 0 Å². The molecule has 3 nitrogen and oxygen atoms in total. The van der Waals surface area contributed by atoms with Gasteiger partial charge >= 0.3 is 5.97 Å². The summed E-state index contributed by atoms with van der Waals surface area (Å²) in [5.41, 5.74) is 5.06. The fourth-order valence-electron chi connectivity index (χ4n) is 5.93. The first-order chi connectivity index (χ1) is 22.1. The number of para-hydroxylation sites is 1. The second-order valence-corrected chi connectivity index (χ2v) is 12.8. The lowest BCUT2D eigenvalue weighted by Gasteiger charge is -2.14. The summed E-state index contributed by atoms with van der Waals surface area (Å²) in [6, 6.07) is 24.2. The molecule has 0 saturated heterocycles. The largest absolute Gasteiger partial charge is 0.423 e. The Morgan fingerprint density at radius 3 is 1.64 bits per heavy atom. The molecule has 0 spiro atoms. The van der Waals surface area contributed by atoms with Gasteiger partial charge in [-0.3, -0.25) is 0 Å². The van der Waals surface area contributed by atoms with Crippen molar-refractivity contribution in [1.29, 1.82) is 0 Å². The van der Waals surface area contributed by atoms with E-state index in [1.807, 2.05) is 42.5 Å². The summed E-state index contributed by atoms with van der Waals surface area (Å²) < 4.78 is 12.0. The van der Waals surface area contributed by atoms with E-state index in [4.69, 9.17) is 9.47 Å². The lowest BCUT2D eigenvalue weighted by molar-refractivity contribution is 0.0627. The van der Waals surface area contributed by atoms with Crippen LogP contribution in [-0.4, -0.2) is 12.6 Å². The number of benzene rings is 3. The summed E-state index contributed by atoms with van der Waals surface area (Å²) in [6.45, 7) is 7.46. The Balaban J connectivity index is 1.33. The summed E-state index contributed by atoms with van der Waals surface area (Å²) in [5.74, 6) is 0.358. The first kappa shape index (κ1) is 36.6. The number of carbonyl (C=O) groups excluding carboxylic acids is 1. The molecule has 3 heteroatoms. The number of hydrogen-bond donors (Lipinski definition) is 0. The van der Waals surface area contributed by atoms with Gasteiger partial charge in [-0.1, -0.05) is 165 Å². The number of hydrogen-bond acceptors (Lipinski definition) is 3. The fraction of sp³-hybridized carbons (Fsp3) is 0.548. The van der Waals surface area contributed by atoms with E-state index in [2.05, 4.69) is 51.1 Å². The number of unbranched alkanes of at least 4 members (excludes halogenated alkanes) is 15. The Labute approximate surface area is 275 Å². The van der Waals surface area contributed by atoms with Crippen LogP contribution in [0.25, 0.3) is 11.1 Å². The lowest BCUT2D eigenvalue weighted by Crippen LogP contribution is -2.09. The summed E-state index contributed by atoms with van der Waals surface area (Å²) in [7, 11) is 0. The molecule has 0 radical (unpaired) electrons.